The summed E-state index contributed by atoms with van der Waals surface area (Å²) < 4.78 is 1.68. The van der Waals surface area contributed by atoms with Crippen molar-refractivity contribution in [2.24, 2.45) is 0 Å². The average Bonchev–Trinajstić information content (AvgIpc) is 3.05. The number of aryl methyl sites for hydroxylation is 1. The van der Waals surface area contributed by atoms with Gasteiger partial charge in [-0.3, -0.25) is 4.79 Å². The molecule has 2 aromatic carbocycles. The Kier molecular flexibility index (Phi) is 5.67. The standard InChI is InChI=1S/C17H16ClN5OS/c1-12-3-2-4-15(11-12)23-17(20-21-22-23)25-10-9-16(24)19-14-7-5-13(18)6-8-14/h2-8,11H,9-10H2,1H3,(H,19,24). The first-order valence-electron chi connectivity index (χ1n) is 7.65. The highest BCUT2D eigenvalue weighted by Gasteiger charge is 2.10. The zero-order chi connectivity index (χ0) is 17.6. The lowest BCUT2D eigenvalue weighted by Gasteiger charge is -2.06. The average molecular weight is 374 g/mol. The number of rotatable bonds is 6. The second kappa shape index (κ2) is 8.13. The number of carbonyl (C=O) groups excluding carboxylic acids is 1. The van der Waals surface area contributed by atoms with E-state index in [2.05, 4.69) is 20.8 Å². The van der Waals surface area contributed by atoms with E-state index in [0.29, 0.717) is 22.4 Å². The Labute approximate surface area is 154 Å². The predicted octanol–water partition coefficient (Wildman–Crippen LogP) is 3.75. The van der Waals surface area contributed by atoms with Crippen LogP contribution in [0.25, 0.3) is 5.69 Å². The van der Waals surface area contributed by atoms with Gasteiger partial charge in [0.2, 0.25) is 11.1 Å². The maximum Gasteiger partial charge on any atom is 0.225 e. The van der Waals surface area contributed by atoms with Crippen LogP contribution in [0.4, 0.5) is 5.69 Å². The maximum atomic E-state index is 12.0. The van der Waals surface area contributed by atoms with Crippen molar-refractivity contribution < 1.29 is 4.79 Å². The highest BCUT2D eigenvalue weighted by atomic mass is 35.5. The molecule has 0 aliphatic heterocycles. The van der Waals surface area contributed by atoms with Gasteiger partial charge in [0.15, 0.2) is 0 Å². The van der Waals surface area contributed by atoms with Gasteiger partial charge in [0.1, 0.15) is 0 Å². The van der Waals surface area contributed by atoms with E-state index in [1.54, 1.807) is 28.9 Å². The summed E-state index contributed by atoms with van der Waals surface area (Å²) in [7, 11) is 0. The Bertz CT molecular complexity index is 865. The Morgan fingerprint density at radius 3 is 2.80 bits per heavy atom. The molecule has 1 N–H and O–H groups in total. The van der Waals surface area contributed by atoms with Gasteiger partial charge < -0.3 is 5.32 Å². The first-order valence-corrected chi connectivity index (χ1v) is 9.02. The summed E-state index contributed by atoms with van der Waals surface area (Å²) in [4.78, 5) is 12.0. The van der Waals surface area contributed by atoms with Gasteiger partial charge in [0.05, 0.1) is 5.69 Å². The number of amides is 1. The molecule has 0 spiro atoms. The molecule has 1 amide bonds. The molecule has 0 atom stereocenters. The van der Waals surface area contributed by atoms with Crippen LogP contribution in [-0.4, -0.2) is 31.9 Å². The van der Waals surface area contributed by atoms with Crippen molar-refractivity contribution in [3.05, 3.63) is 59.1 Å². The molecule has 6 nitrogen and oxygen atoms in total. The Morgan fingerprint density at radius 1 is 1.24 bits per heavy atom. The van der Waals surface area contributed by atoms with E-state index >= 15 is 0 Å². The summed E-state index contributed by atoms with van der Waals surface area (Å²) in [6.45, 7) is 2.02. The molecule has 3 aromatic rings. The fourth-order valence-corrected chi connectivity index (χ4v) is 3.14. The molecule has 0 saturated heterocycles. The molecular weight excluding hydrogens is 358 g/mol. The summed E-state index contributed by atoms with van der Waals surface area (Å²) in [5, 5.41) is 15.9. The van der Waals surface area contributed by atoms with Gasteiger partial charge >= 0.3 is 0 Å². The lowest BCUT2D eigenvalue weighted by Crippen LogP contribution is -2.12. The SMILES string of the molecule is Cc1cccc(-n2nnnc2SCCC(=O)Nc2ccc(Cl)cc2)c1. The number of hydrogen-bond donors (Lipinski definition) is 1. The van der Waals surface area contributed by atoms with Crippen molar-refractivity contribution in [3.8, 4) is 5.69 Å². The lowest BCUT2D eigenvalue weighted by atomic mass is 10.2. The van der Waals surface area contributed by atoms with Crippen LogP contribution in [0.1, 0.15) is 12.0 Å². The zero-order valence-corrected chi connectivity index (χ0v) is 15.1. The van der Waals surface area contributed by atoms with Crippen LogP contribution < -0.4 is 5.32 Å². The number of nitrogens with zero attached hydrogens (tertiary/aromatic N) is 4. The summed E-state index contributed by atoms with van der Waals surface area (Å²) in [5.74, 6) is 0.510. The largest absolute Gasteiger partial charge is 0.326 e. The first-order chi connectivity index (χ1) is 12.1. The Hall–Kier alpha value is -2.38. The van der Waals surface area contributed by atoms with Crippen molar-refractivity contribution in [2.75, 3.05) is 11.1 Å². The van der Waals surface area contributed by atoms with Gasteiger partial charge in [-0.15, -0.1) is 5.10 Å². The fourth-order valence-electron chi connectivity index (χ4n) is 2.18. The highest BCUT2D eigenvalue weighted by molar-refractivity contribution is 7.99. The number of thioether (sulfide) groups is 1. The minimum Gasteiger partial charge on any atom is -0.326 e. The van der Waals surface area contributed by atoms with E-state index in [0.717, 1.165) is 16.9 Å². The molecule has 3 rings (SSSR count). The van der Waals surface area contributed by atoms with Crippen LogP contribution in [0.2, 0.25) is 5.02 Å². The van der Waals surface area contributed by atoms with Crippen LogP contribution in [0.3, 0.4) is 0 Å². The topological polar surface area (TPSA) is 72.7 Å². The van der Waals surface area contributed by atoms with Crippen molar-refractivity contribution in [2.45, 2.75) is 18.5 Å². The van der Waals surface area contributed by atoms with E-state index in [-0.39, 0.29) is 5.91 Å². The zero-order valence-electron chi connectivity index (χ0n) is 13.5. The Balaban J connectivity index is 1.55. The second-order valence-electron chi connectivity index (χ2n) is 5.37. The summed E-state index contributed by atoms with van der Waals surface area (Å²) in [6.07, 6.45) is 0.355. The Morgan fingerprint density at radius 2 is 2.04 bits per heavy atom. The van der Waals surface area contributed by atoms with E-state index in [9.17, 15) is 4.79 Å². The third kappa shape index (κ3) is 4.80. The number of tetrazole rings is 1. The number of anilines is 1. The minimum absolute atomic E-state index is 0.0654. The van der Waals surface area contributed by atoms with Crippen LogP contribution in [-0.2, 0) is 4.79 Å². The van der Waals surface area contributed by atoms with Crippen molar-refractivity contribution in [3.63, 3.8) is 0 Å². The van der Waals surface area contributed by atoms with Crippen LogP contribution in [0.5, 0.6) is 0 Å². The number of hydrogen-bond acceptors (Lipinski definition) is 5. The quantitative estimate of drug-likeness (QED) is 0.666. The maximum absolute atomic E-state index is 12.0. The van der Waals surface area contributed by atoms with Crippen LogP contribution in [0, 0.1) is 6.92 Å². The van der Waals surface area contributed by atoms with Crippen LogP contribution in [0.15, 0.2) is 53.7 Å². The molecule has 0 fully saturated rings. The predicted molar refractivity (Wildman–Crippen MR) is 99.3 cm³/mol. The van der Waals surface area contributed by atoms with E-state index < -0.39 is 0 Å². The minimum atomic E-state index is -0.0654. The van der Waals surface area contributed by atoms with Crippen LogP contribution >= 0.6 is 23.4 Å². The van der Waals surface area contributed by atoms with Crippen molar-refractivity contribution in [1.82, 2.24) is 20.2 Å². The number of halogens is 1. The highest BCUT2D eigenvalue weighted by Crippen LogP contribution is 2.20. The fraction of sp³-hybridized carbons (Fsp3) is 0.176. The summed E-state index contributed by atoms with van der Waals surface area (Å²) in [6, 6.07) is 14.9. The second-order valence-corrected chi connectivity index (χ2v) is 6.86. The summed E-state index contributed by atoms with van der Waals surface area (Å²) in [5.41, 5.74) is 2.76. The van der Waals surface area contributed by atoms with Crippen molar-refractivity contribution in [1.29, 1.82) is 0 Å². The van der Waals surface area contributed by atoms with Gasteiger partial charge in [-0.05, 0) is 59.3 Å². The monoisotopic (exact) mass is 373 g/mol. The molecule has 128 valence electrons. The number of carbonyl (C=O) groups is 1. The van der Waals surface area contributed by atoms with Gasteiger partial charge in [0, 0.05) is 22.9 Å². The smallest absolute Gasteiger partial charge is 0.225 e. The van der Waals surface area contributed by atoms with Gasteiger partial charge in [-0.1, -0.05) is 35.5 Å². The summed E-state index contributed by atoms with van der Waals surface area (Å²) >= 11 is 7.27. The molecule has 0 unspecified atom stereocenters. The molecule has 0 radical (unpaired) electrons. The van der Waals surface area contributed by atoms with Gasteiger partial charge in [0.25, 0.3) is 0 Å². The molecule has 0 bridgehead atoms. The first kappa shape index (κ1) is 17.4. The van der Waals surface area contributed by atoms with E-state index in [1.165, 1.54) is 11.8 Å². The molecule has 8 heteroatoms. The third-order valence-electron chi connectivity index (χ3n) is 3.38. The lowest BCUT2D eigenvalue weighted by molar-refractivity contribution is -0.115. The molecule has 0 saturated carbocycles. The molecule has 0 aliphatic carbocycles. The molecule has 1 heterocycles. The molecule has 25 heavy (non-hydrogen) atoms. The van der Waals surface area contributed by atoms with Gasteiger partial charge in [-0.2, -0.15) is 4.68 Å². The molecular formula is C17H16ClN5OS. The number of benzene rings is 2. The number of aromatic nitrogens is 4. The van der Waals surface area contributed by atoms with Crippen molar-refractivity contribution >= 4 is 35.0 Å². The van der Waals surface area contributed by atoms with E-state index in [1.807, 2.05) is 31.2 Å². The van der Waals surface area contributed by atoms with E-state index in [4.69, 9.17) is 11.6 Å². The number of nitrogens with one attached hydrogen (secondary N) is 1. The third-order valence-corrected chi connectivity index (χ3v) is 4.55. The van der Waals surface area contributed by atoms with Gasteiger partial charge in [-0.25, -0.2) is 0 Å². The molecule has 0 aliphatic rings. The molecule has 1 aromatic heterocycles. The normalized spacial score (nSPS) is 10.6.